The summed E-state index contributed by atoms with van der Waals surface area (Å²) in [6.45, 7) is -0.404. The third-order valence-electron chi connectivity index (χ3n) is 2.88. The molecule has 23 heavy (non-hydrogen) atoms. The highest BCUT2D eigenvalue weighted by Gasteiger charge is 2.30. The van der Waals surface area contributed by atoms with Crippen molar-refractivity contribution < 1.29 is 27.4 Å². The van der Waals surface area contributed by atoms with E-state index in [9.17, 15) is 18.0 Å². The maximum atomic E-state index is 12.6. The summed E-state index contributed by atoms with van der Waals surface area (Å²) < 4.78 is 47.8. The molecule has 1 amide bonds. The minimum Gasteiger partial charge on any atom is -0.497 e. The van der Waals surface area contributed by atoms with Crippen molar-refractivity contribution in [3.8, 4) is 11.5 Å². The molecule has 4 nitrogen and oxygen atoms in total. The minimum atomic E-state index is -4.46. The second kappa shape index (κ2) is 7.04. The summed E-state index contributed by atoms with van der Waals surface area (Å²) in [5, 5.41) is 2.57. The van der Waals surface area contributed by atoms with Gasteiger partial charge >= 0.3 is 6.18 Å². The molecule has 0 saturated heterocycles. The van der Waals surface area contributed by atoms with E-state index in [0.29, 0.717) is 11.4 Å². The number of alkyl halides is 3. The summed E-state index contributed by atoms with van der Waals surface area (Å²) in [4.78, 5) is 11.8. The van der Waals surface area contributed by atoms with Crippen LogP contribution in [0.15, 0.2) is 48.5 Å². The van der Waals surface area contributed by atoms with Gasteiger partial charge in [-0.15, -0.1) is 0 Å². The molecule has 7 heteroatoms. The van der Waals surface area contributed by atoms with Crippen molar-refractivity contribution >= 4 is 11.6 Å². The smallest absolute Gasteiger partial charge is 0.416 e. The van der Waals surface area contributed by atoms with E-state index in [1.54, 1.807) is 24.3 Å². The lowest BCUT2D eigenvalue weighted by Crippen LogP contribution is -2.20. The van der Waals surface area contributed by atoms with Crippen LogP contribution in [0.1, 0.15) is 5.56 Å². The summed E-state index contributed by atoms with van der Waals surface area (Å²) >= 11 is 0. The number of hydrogen-bond acceptors (Lipinski definition) is 3. The predicted molar refractivity (Wildman–Crippen MR) is 78.6 cm³/mol. The molecule has 1 N–H and O–H groups in total. The average molecular weight is 325 g/mol. The molecule has 122 valence electrons. The quantitative estimate of drug-likeness (QED) is 0.911. The van der Waals surface area contributed by atoms with Crippen LogP contribution in [0.25, 0.3) is 0 Å². The number of ether oxygens (including phenoxy) is 2. The van der Waals surface area contributed by atoms with Crippen LogP contribution in [-0.4, -0.2) is 19.6 Å². The van der Waals surface area contributed by atoms with Crippen molar-refractivity contribution in [1.82, 2.24) is 0 Å². The number of methoxy groups -OCH3 is 1. The molecule has 0 saturated carbocycles. The second-order valence-corrected chi connectivity index (χ2v) is 4.59. The van der Waals surface area contributed by atoms with Crippen LogP contribution >= 0.6 is 0 Å². The van der Waals surface area contributed by atoms with E-state index in [4.69, 9.17) is 9.47 Å². The Kier molecular flexibility index (Phi) is 5.10. The Balaban J connectivity index is 1.94. The lowest BCUT2D eigenvalue weighted by molar-refractivity contribution is -0.137. The van der Waals surface area contributed by atoms with Crippen molar-refractivity contribution in [2.24, 2.45) is 0 Å². The molecule has 2 rings (SSSR count). The number of halogens is 3. The van der Waals surface area contributed by atoms with E-state index < -0.39 is 24.3 Å². The molecular weight excluding hydrogens is 311 g/mol. The Morgan fingerprint density at radius 2 is 1.78 bits per heavy atom. The van der Waals surface area contributed by atoms with Crippen molar-refractivity contribution in [1.29, 1.82) is 0 Å². The molecule has 2 aromatic rings. The normalized spacial score (nSPS) is 11.0. The van der Waals surface area contributed by atoms with Gasteiger partial charge in [0.05, 0.1) is 12.7 Å². The van der Waals surface area contributed by atoms with E-state index in [1.807, 2.05) is 0 Å². The van der Waals surface area contributed by atoms with Crippen LogP contribution in [0.3, 0.4) is 0 Å². The largest absolute Gasteiger partial charge is 0.497 e. The third-order valence-corrected chi connectivity index (χ3v) is 2.88. The van der Waals surface area contributed by atoms with Gasteiger partial charge in [-0.25, -0.2) is 0 Å². The Labute approximate surface area is 130 Å². The highest BCUT2D eigenvalue weighted by molar-refractivity contribution is 5.92. The molecular formula is C16H14F3NO3. The van der Waals surface area contributed by atoms with Crippen LogP contribution in [0.4, 0.5) is 18.9 Å². The number of hydrogen-bond donors (Lipinski definition) is 1. The fourth-order valence-corrected chi connectivity index (χ4v) is 1.81. The van der Waals surface area contributed by atoms with Crippen molar-refractivity contribution in [2.75, 3.05) is 19.0 Å². The first kappa shape index (κ1) is 16.7. The summed E-state index contributed by atoms with van der Waals surface area (Å²) in [6, 6.07) is 11.0. The van der Waals surface area contributed by atoms with Gasteiger partial charge in [-0.2, -0.15) is 13.2 Å². The van der Waals surface area contributed by atoms with Crippen molar-refractivity contribution in [3.05, 3.63) is 54.1 Å². The number of nitrogens with one attached hydrogen (secondary N) is 1. The zero-order chi connectivity index (χ0) is 16.9. The van der Waals surface area contributed by atoms with Gasteiger partial charge in [0.1, 0.15) is 11.5 Å². The Bertz CT molecular complexity index is 686. The number of benzene rings is 2. The summed E-state index contributed by atoms with van der Waals surface area (Å²) in [5.41, 5.74) is -0.329. The zero-order valence-corrected chi connectivity index (χ0v) is 12.2. The first-order chi connectivity index (χ1) is 10.9. The van der Waals surface area contributed by atoms with Crippen LogP contribution in [0.2, 0.25) is 0 Å². The predicted octanol–water partition coefficient (Wildman–Crippen LogP) is 3.73. The van der Waals surface area contributed by atoms with Crippen LogP contribution in [0, 0.1) is 0 Å². The van der Waals surface area contributed by atoms with Gasteiger partial charge in [-0.05, 0) is 30.3 Å². The third kappa shape index (κ3) is 4.91. The topological polar surface area (TPSA) is 47.6 Å². The van der Waals surface area contributed by atoms with Crippen LogP contribution < -0.4 is 14.8 Å². The van der Waals surface area contributed by atoms with Gasteiger partial charge in [-0.1, -0.05) is 12.1 Å². The number of carbonyl (C=O) groups excluding carboxylic acids is 1. The van der Waals surface area contributed by atoms with Gasteiger partial charge < -0.3 is 14.8 Å². The highest BCUT2D eigenvalue weighted by Crippen LogP contribution is 2.31. The molecule has 0 unspecified atom stereocenters. The molecule has 0 aliphatic rings. The van der Waals surface area contributed by atoms with Crippen molar-refractivity contribution in [3.63, 3.8) is 0 Å². The average Bonchev–Trinajstić information content (AvgIpc) is 2.52. The summed E-state index contributed by atoms with van der Waals surface area (Å²) in [5.74, 6) is 0.0536. The fraction of sp³-hybridized carbons (Fsp3) is 0.188. The minimum absolute atomic E-state index is 0.0272. The molecule has 2 aromatic carbocycles. The second-order valence-electron chi connectivity index (χ2n) is 4.59. The standard InChI is InChI=1S/C16H14F3NO3/c1-22-13-6-3-5-12(9-13)20-15(21)10-23-14-7-2-4-11(8-14)16(17,18)19/h2-9H,10H2,1H3,(H,20,21). The van der Waals surface area contributed by atoms with Gasteiger partial charge in [0, 0.05) is 11.8 Å². The first-order valence-corrected chi connectivity index (χ1v) is 6.62. The lowest BCUT2D eigenvalue weighted by atomic mass is 10.2. The van der Waals surface area contributed by atoms with Crippen LogP contribution in [0.5, 0.6) is 11.5 Å². The highest BCUT2D eigenvalue weighted by atomic mass is 19.4. The van der Waals surface area contributed by atoms with E-state index in [-0.39, 0.29) is 5.75 Å². The van der Waals surface area contributed by atoms with E-state index in [0.717, 1.165) is 12.1 Å². The monoisotopic (exact) mass is 325 g/mol. The number of anilines is 1. The maximum absolute atomic E-state index is 12.6. The molecule has 0 spiro atoms. The van der Waals surface area contributed by atoms with E-state index in [2.05, 4.69) is 5.32 Å². The SMILES string of the molecule is COc1cccc(NC(=O)COc2cccc(C(F)(F)F)c2)c1. The van der Waals surface area contributed by atoms with E-state index >= 15 is 0 Å². The fourth-order valence-electron chi connectivity index (χ4n) is 1.81. The molecule has 0 aromatic heterocycles. The number of carbonyl (C=O) groups is 1. The van der Waals surface area contributed by atoms with Gasteiger partial charge in [-0.3, -0.25) is 4.79 Å². The first-order valence-electron chi connectivity index (χ1n) is 6.62. The van der Waals surface area contributed by atoms with Gasteiger partial charge in [0.2, 0.25) is 0 Å². The van der Waals surface area contributed by atoms with E-state index in [1.165, 1.54) is 19.2 Å². The van der Waals surface area contributed by atoms with Crippen molar-refractivity contribution in [2.45, 2.75) is 6.18 Å². The molecule has 0 radical (unpaired) electrons. The molecule has 0 aliphatic carbocycles. The number of rotatable bonds is 5. The molecule has 0 atom stereocenters. The zero-order valence-electron chi connectivity index (χ0n) is 12.2. The Morgan fingerprint density at radius 3 is 2.48 bits per heavy atom. The van der Waals surface area contributed by atoms with Gasteiger partial charge in [0.25, 0.3) is 5.91 Å². The maximum Gasteiger partial charge on any atom is 0.416 e. The Morgan fingerprint density at radius 1 is 1.09 bits per heavy atom. The molecule has 0 fully saturated rings. The lowest BCUT2D eigenvalue weighted by Gasteiger charge is -2.11. The number of amides is 1. The summed E-state index contributed by atoms with van der Waals surface area (Å²) in [6.07, 6.45) is -4.46. The summed E-state index contributed by atoms with van der Waals surface area (Å²) in [7, 11) is 1.50. The molecule has 0 bridgehead atoms. The molecule has 0 heterocycles. The van der Waals surface area contributed by atoms with Crippen LogP contribution in [-0.2, 0) is 11.0 Å². The molecule has 0 aliphatic heterocycles. The van der Waals surface area contributed by atoms with Gasteiger partial charge in [0.15, 0.2) is 6.61 Å². The Hall–Kier alpha value is -2.70.